The van der Waals surface area contributed by atoms with E-state index in [9.17, 15) is 0 Å². The number of nitrogen functional groups attached to an aromatic ring is 1. The van der Waals surface area contributed by atoms with E-state index < -0.39 is 0 Å². The highest BCUT2D eigenvalue weighted by Crippen LogP contribution is 2.28. The predicted octanol–water partition coefficient (Wildman–Crippen LogP) is 3.81. The van der Waals surface area contributed by atoms with Crippen molar-refractivity contribution in [2.75, 3.05) is 24.3 Å². The number of hydrogen-bond donors (Lipinski definition) is 2. The largest absolute Gasteiger partial charge is 0.494 e. The molecule has 0 aliphatic carbocycles. The summed E-state index contributed by atoms with van der Waals surface area (Å²) in [5, 5.41) is 3.31. The highest BCUT2D eigenvalue weighted by atomic mass is 16.5. The molecule has 4 nitrogen and oxygen atoms in total. The lowest BCUT2D eigenvalue weighted by Gasteiger charge is -2.11. The molecule has 0 aromatic heterocycles. The topological polar surface area (TPSA) is 56.5 Å². The molecule has 20 heavy (non-hydrogen) atoms. The first-order chi connectivity index (χ1) is 9.72. The summed E-state index contributed by atoms with van der Waals surface area (Å²) >= 11 is 0. The van der Waals surface area contributed by atoms with E-state index >= 15 is 0 Å². The van der Waals surface area contributed by atoms with Gasteiger partial charge in [0.05, 0.1) is 18.9 Å². The molecule has 4 heteroatoms. The van der Waals surface area contributed by atoms with Crippen LogP contribution >= 0.6 is 0 Å². The van der Waals surface area contributed by atoms with Gasteiger partial charge in [0, 0.05) is 17.4 Å². The smallest absolute Gasteiger partial charge is 0.144 e. The molecule has 0 fully saturated rings. The van der Waals surface area contributed by atoms with Crippen molar-refractivity contribution in [1.82, 2.24) is 0 Å². The van der Waals surface area contributed by atoms with E-state index in [1.54, 1.807) is 0 Å². The van der Waals surface area contributed by atoms with E-state index in [-0.39, 0.29) is 0 Å². The summed E-state index contributed by atoms with van der Waals surface area (Å²) in [4.78, 5) is 0. The summed E-state index contributed by atoms with van der Waals surface area (Å²) in [5.74, 6) is 1.56. The van der Waals surface area contributed by atoms with E-state index in [0.717, 1.165) is 17.1 Å². The third-order valence-corrected chi connectivity index (χ3v) is 2.77. The second-order valence-electron chi connectivity index (χ2n) is 4.27. The minimum atomic E-state index is 0.594. The number of benzene rings is 2. The van der Waals surface area contributed by atoms with Crippen LogP contribution in [0.15, 0.2) is 42.5 Å². The normalized spacial score (nSPS) is 10.1. The molecule has 0 aliphatic heterocycles. The molecule has 0 heterocycles. The predicted molar refractivity (Wildman–Crippen MR) is 82.9 cm³/mol. The zero-order valence-electron chi connectivity index (χ0n) is 11.8. The minimum Gasteiger partial charge on any atom is -0.494 e. The number of rotatable bonds is 6. The molecule has 106 valence electrons. The van der Waals surface area contributed by atoms with Gasteiger partial charge in [-0.1, -0.05) is 0 Å². The third-order valence-electron chi connectivity index (χ3n) is 2.77. The Morgan fingerprint density at radius 2 is 1.55 bits per heavy atom. The molecule has 2 aromatic carbocycles. The maximum absolute atomic E-state index is 5.85. The Kier molecular flexibility index (Phi) is 4.71. The molecule has 0 amide bonds. The third kappa shape index (κ3) is 3.57. The van der Waals surface area contributed by atoms with Crippen molar-refractivity contribution in [3.63, 3.8) is 0 Å². The number of hydrogen-bond acceptors (Lipinski definition) is 4. The molecule has 0 saturated carbocycles. The molecular formula is C16H20N2O2. The van der Waals surface area contributed by atoms with Crippen LogP contribution in [0.5, 0.6) is 11.5 Å². The van der Waals surface area contributed by atoms with Crippen LogP contribution < -0.4 is 20.5 Å². The Hall–Kier alpha value is -2.36. The summed E-state index contributed by atoms with van der Waals surface area (Å²) < 4.78 is 10.9. The second-order valence-corrected chi connectivity index (χ2v) is 4.27. The second kappa shape index (κ2) is 6.70. The Labute approximate surface area is 119 Å². The number of nitrogens with one attached hydrogen (secondary N) is 1. The summed E-state index contributed by atoms with van der Waals surface area (Å²) in [7, 11) is 0. The lowest BCUT2D eigenvalue weighted by Crippen LogP contribution is -1.98. The highest BCUT2D eigenvalue weighted by Gasteiger charge is 2.02. The lowest BCUT2D eigenvalue weighted by atomic mass is 10.2. The summed E-state index contributed by atoms with van der Waals surface area (Å²) in [6.07, 6.45) is 0. The number of anilines is 3. The molecule has 0 atom stereocenters. The van der Waals surface area contributed by atoms with Gasteiger partial charge in [0.15, 0.2) is 0 Å². The molecule has 0 spiro atoms. The number of nitrogens with two attached hydrogens (primary N) is 1. The van der Waals surface area contributed by atoms with Crippen molar-refractivity contribution in [2.45, 2.75) is 13.8 Å². The summed E-state index contributed by atoms with van der Waals surface area (Å²) in [6.45, 7) is 5.17. The van der Waals surface area contributed by atoms with Gasteiger partial charge in [-0.3, -0.25) is 0 Å². The van der Waals surface area contributed by atoms with Crippen LogP contribution in [0.1, 0.15) is 13.8 Å². The van der Waals surface area contributed by atoms with Crippen molar-refractivity contribution in [3.05, 3.63) is 42.5 Å². The Balaban J connectivity index is 2.11. The molecule has 2 aromatic rings. The summed E-state index contributed by atoms with van der Waals surface area (Å²) in [5.41, 5.74) is 8.42. The van der Waals surface area contributed by atoms with Crippen molar-refractivity contribution < 1.29 is 9.47 Å². The minimum absolute atomic E-state index is 0.594. The lowest BCUT2D eigenvalue weighted by molar-refractivity contribution is 0.340. The zero-order valence-corrected chi connectivity index (χ0v) is 11.8. The first-order valence-corrected chi connectivity index (χ1v) is 6.75. The van der Waals surface area contributed by atoms with Gasteiger partial charge in [-0.25, -0.2) is 0 Å². The van der Waals surface area contributed by atoms with Crippen LogP contribution in [-0.4, -0.2) is 13.2 Å². The Morgan fingerprint density at radius 3 is 2.20 bits per heavy atom. The molecular weight excluding hydrogens is 252 g/mol. The Bertz CT molecular complexity index is 553. The highest BCUT2D eigenvalue weighted by molar-refractivity contribution is 5.67. The fourth-order valence-corrected chi connectivity index (χ4v) is 1.86. The van der Waals surface area contributed by atoms with E-state index in [4.69, 9.17) is 15.2 Å². The van der Waals surface area contributed by atoms with Gasteiger partial charge in [0.1, 0.15) is 11.5 Å². The number of ether oxygens (including phenoxy) is 2. The van der Waals surface area contributed by atoms with Gasteiger partial charge in [-0.2, -0.15) is 0 Å². The molecule has 0 unspecified atom stereocenters. The van der Waals surface area contributed by atoms with Gasteiger partial charge in [0.25, 0.3) is 0 Å². The van der Waals surface area contributed by atoms with Crippen LogP contribution in [0, 0.1) is 0 Å². The van der Waals surface area contributed by atoms with Gasteiger partial charge >= 0.3 is 0 Å². The quantitative estimate of drug-likeness (QED) is 0.785. The molecule has 0 aliphatic rings. The van der Waals surface area contributed by atoms with Crippen LogP contribution in [-0.2, 0) is 0 Å². The van der Waals surface area contributed by atoms with Crippen LogP contribution in [0.2, 0.25) is 0 Å². The maximum Gasteiger partial charge on any atom is 0.144 e. The van der Waals surface area contributed by atoms with Crippen molar-refractivity contribution in [1.29, 1.82) is 0 Å². The average Bonchev–Trinajstić information content (AvgIpc) is 2.45. The van der Waals surface area contributed by atoms with Crippen LogP contribution in [0.25, 0.3) is 0 Å². The first-order valence-electron chi connectivity index (χ1n) is 6.75. The first kappa shape index (κ1) is 14.1. The van der Waals surface area contributed by atoms with Gasteiger partial charge in [-0.05, 0) is 50.2 Å². The standard InChI is InChI=1S/C16H20N2O2/c1-3-19-14-8-5-12(6-9-14)18-13-7-10-15(17)16(11-13)20-4-2/h5-11,18H,3-4,17H2,1-2H3. The molecule has 0 saturated heterocycles. The zero-order chi connectivity index (χ0) is 14.4. The van der Waals surface area contributed by atoms with E-state index in [1.165, 1.54) is 0 Å². The van der Waals surface area contributed by atoms with E-state index in [2.05, 4.69) is 5.32 Å². The SMILES string of the molecule is CCOc1ccc(Nc2ccc(N)c(OCC)c2)cc1. The monoisotopic (exact) mass is 272 g/mol. The van der Waals surface area contributed by atoms with Gasteiger partial charge < -0.3 is 20.5 Å². The van der Waals surface area contributed by atoms with Gasteiger partial charge in [0.2, 0.25) is 0 Å². The van der Waals surface area contributed by atoms with Crippen LogP contribution in [0.4, 0.5) is 17.1 Å². The van der Waals surface area contributed by atoms with Crippen LogP contribution in [0.3, 0.4) is 0 Å². The fraction of sp³-hybridized carbons (Fsp3) is 0.250. The van der Waals surface area contributed by atoms with Crippen molar-refractivity contribution in [3.8, 4) is 11.5 Å². The van der Waals surface area contributed by atoms with Crippen molar-refractivity contribution in [2.24, 2.45) is 0 Å². The van der Waals surface area contributed by atoms with E-state index in [1.807, 2.05) is 56.3 Å². The molecule has 2 rings (SSSR count). The van der Waals surface area contributed by atoms with Gasteiger partial charge in [-0.15, -0.1) is 0 Å². The fourth-order valence-electron chi connectivity index (χ4n) is 1.86. The van der Waals surface area contributed by atoms with Crippen molar-refractivity contribution >= 4 is 17.1 Å². The molecule has 0 bridgehead atoms. The summed E-state index contributed by atoms with van der Waals surface area (Å²) in [6, 6.07) is 13.5. The van der Waals surface area contributed by atoms with E-state index in [0.29, 0.717) is 24.7 Å². The Morgan fingerprint density at radius 1 is 0.900 bits per heavy atom. The maximum atomic E-state index is 5.85. The average molecular weight is 272 g/mol. The molecule has 0 radical (unpaired) electrons. The molecule has 3 N–H and O–H groups in total.